The van der Waals surface area contributed by atoms with Gasteiger partial charge in [-0.05, 0) is 95.1 Å². The number of pyridine rings is 1. The van der Waals surface area contributed by atoms with Crippen molar-refractivity contribution in [2.75, 3.05) is 0 Å². The molecule has 0 fully saturated rings. The van der Waals surface area contributed by atoms with E-state index in [1.54, 1.807) is 0 Å². The second-order valence-electron chi connectivity index (χ2n) is 13.2. The van der Waals surface area contributed by atoms with Gasteiger partial charge >= 0.3 is 0 Å². The molecule has 4 aromatic heterocycles. The molecule has 0 spiro atoms. The molecule has 7 aromatic carbocycles. The van der Waals surface area contributed by atoms with E-state index >= 15 is 0 Å². The van der Waals surface area contributed by atoms with Gasteiger partial charge in [-0.2, -0.15) is 0 Å². The molecule has 238 valence electrons. The van der Waals surface area contributed by atoms with E-state index in [4.69, 9.17) is 4.42 Å². The number of hydrogen-bond acceptors (Lipinski definition) is 2. The van der Waals surface area contributed by atoms with Gasteiger partial charge in [0.2, 0.25) is 0 Å². The summed E-state index contributed by atoms with van der Waals surface area (Å²) in [5.74, 6) is 0. The van der Waals surface area contributed by atoms with Gasteiger partial charge in [0.05, 0.1) is 22.1 Å². The van der Waals surface area contributed by atoms with E-state index in [1.807, 2.05) is 18.3 Å². The summed E-state index contributed by atoms with van der Waals surface area (Å²) < 4.78 is 10.9. The summed E-state index contributed by atoms with van der Waals surface area (Å²) in [7, 11) is 0. The van der Waals surface area contributed by atoms with E-state index in [1.165, 1.54) is 49.3 Å². The molecule has 4 nitrogen and oxygen atoms in total. The molecule has 11 rings (SSSR count). The van der Waals surface area contributed by atoms with E-state index in [-0.39, 0.29) is 0 Å². The Balaban J connectivity index is 1.22. The van der Waals surface area contributed by atoms with Crippen LogP contribution in [0.5, 0.6) is 0 Å². The molecule has 0 unspecified atom stereocenters. The van der Waals surface area contributed by atoms with Crippen molar-refractivity contribution >= 4 is 65.7 Å². The second-order valence-corrected chi connectivity index (χ2v) is 13.2. The molecule has 0 saturated heterocycles. The summed E-state index contributed by atoms with van der Waals surface area (Å²) in [4.78, 5) is 4.67. The Morgan fingerprint density at radius 3 is 1.82 bits per heavy atom. The van der Waals surface area contributed by atoms with Crippen LogP contribution in [0.15, 0.2) is 180 Å². The molecule has 0 N–H and O–H groups in total. The Kier molecular flexibility index (Phi) is 5.92. The summed E-state index contributed by atoms with van der Waals surface area (Å²) in [6, 6.07) is 61.0. The quantitative estimate of drug-likeness (QED) is 0.190. The van der Waals surface area contributed by atoms with Gasteiger partial charge in [0.25, 0.3) is 0 Å². The molecule has 51 heavy (non-hydrogen) atoms. The van der Waals surface area contributed by atoms with Gasteiger partial charge in [-0.15, -0.1) is 0 Å². The van der Waals surface area contributed by atoms with Gasteiger partial charge in [-0.25, -0.2) is 0 Å². The number of hydrogen-bond donors (Lipinski definition) is 0. The first-order valence-corrected chi connectivity index (χ1v) is 17.3. The normalized spacial score (nSPS) is 11.9. The maximum Gasteiger partial charge on any atom is 0.153 e. The van der Waals surface area contributed by atoms with Crippen molar-refractivity contribution in [2.24, 2.45) is 0 Å². The monoisotopic (exact) mass is 651 g/mol. The van der Waals surface area contributed by atoms with Crippen LogP contribution in [0.1, 0.15) is 0 Å². The topological polar surface area (TPSA) is 35.9 Å². The first kappa shape index (κ1) is 28.0. The van der Waals surface area contributed by atoms with Gasteiger partial charge in [-0.1, -0.05) is 97.1 Å². The highest BCUT2D eigenvalue weighted by atomic mass is 16.3. The minimum absolute atomic E-state index is 0.797. The van der Waals surface area contributed by atoms with Crippen LogP contribution in [0, 0.1) is 0 Å². The van der Waals surface area contributed by atoms with Crippen LogP contribution in [0.3, 0.4) is 0 Å². The Hall–Kier alpha value is -6.91. The van der Waals surface area contributed by atoms with Gasteiger partial charge in [-0.3, -0.25) is 4.98 Å². The lowest BCUT2D eigenvalue weighted by atomic mass is 9.92. The third-order valence-electron chi connectivity index (χ3n) is 10.4. The van der Waals surface area contributed by atoms with Crippen LogP contribution >= 0.6 is 0 Å². The number of nitrogens with zero attached hydrogens (tertiary/aromatic N) is 3. The second kappa shape index (κ2) is 10.8. The van der Waals surface area contributed by atoms with Crippen molar-refractivity contribution in [2.45, 2.75) is 0 Å². The average Bonchev–Trinajstić information content (AvgIpc) is 3.85. The Morgan fingerprint density at radius 1 is 0.373 bits per heavy atom. The summed E-state index contributed by atoms with van der Waals surface area (Å²) in [5.41, 5.74) is 14.2. The maximum atomic E-state index is 6.16. The Bertz CT molecular complexity index is 3130. The van der Waals surface area contributed by atoms with Crippen LogP contribution in [0.25, 0.3) is 99.3 Å². The molecule has 0 aliphatic carbocycles. The molecule has 0 amide bonds. The van der Waals surface area contributed by atoms with E-state index in [9.17, 15) is 0 Å². The fourth-order valence-electron chi connectivity index (χ4n) is 8.11. The molecular formula is C47H29N3O. The van der Waals surface area contributed by atoms with E-state index in [0.717, 1.165) is 50.0 Å². The van der Waals surface area contributed by atoms with Gasteiger partial charge < -0.3 is 13.6 Å². The number of fused-ring (bicyclic) bond motifs is 9. The molecule has 11 aromatic rings. The van der Waals surface area contributed by atoms with Gasteiger partial charge in [0, 0.05) is 44.5 Å². The van der Waals surface area contributed by atoms with Crippen molar-refractivity contribution in [3.63, 3.8) is 0 Å². The minimum Gasteiger partial charge on any atom is -0.454 e. The highest BCUT2D eigenvalue weighted by molar-refractivity contribution is 6.14. The van der Waals surface area contributed by atoms with Gasteiger partial charge in [0.15, 0.2) is 5.58 Å². The fourth-order valence-corrected chi connectivity index (χ4v) is 8.11. The van der Waals surface area contributed by atoms with Crippen LogP contribution < -0.4 is 0 Å². The van der Waals surface area contributed by atoms with Crippen LogP contribution in [0.2, 0.25) is 0 Å². The molecule has 0 aliphatic rings. The summed E-state index contributed by atoms with van der Waals surface area (Å²) in [5, 5.41) is 5.92. The summed E-state index contributed by atoms with van der Waals surface area (Å²) >= 11 is 0. The van der Waals surface area contributed by atoms with E-state index in [0.29, 0.717) is 0 Å². The van der Waals surface area contributed by atoms with Crippen molar-refractivity contribution in [3.05, 3.63) is 176 Å². The Labute approximate surface area is 293 Å². The Morgan fingerprint density at radius 2 is 1.02 bits per heavy atom. The van der Waals surface area contributed by atoms with E-state index < -0.39 is 0 Å². The minimum atomic E-state index is 0.797. The number of furan rings is 1. The molecule has 4 heteroatoms. The predicted octanol–water partition coefficient (Wildman–Crippen LogP) is 12.5. The van der Waals surface area contributed by atoms with Crippen molar-refractivity contribution in [3.8, 4) is 33.6 Å². The molecule has 0 radical (unpaired) electrons. The largest absolute Gasteiger partial charge is 0.454 e. The standard InChI is InChI=1S/C47H29N3O/c1-3-12-30(13-4-1)37-28-39-35-17-8-10-19-42(35)49(32-14-5-2-6-15-32)44(39)29-38(37)31-21-23-36-34-16-7-9-18-41(34)50(43(36)26-31)33-22-24-45-40(27-33)47-46(51-45)20-11-25-48-47/h1-29H. The first-order valence-electron chi connectivity index (χ1n) is 17.3. The highest BCUT2D eigenvalue weighted by Gasteiger charge is 2.20. The SMILES string of the molecule is c1ccc(-c2cc3c4ccccc4n(-c4ccccc4)c3cc2-c2ccc3c4ccccc4n(-c4ccc5oc6cccnc6c5c4)c3c2)cc1. The predicted molar refractivity (Wildman–Crippen MR) is 211 cm³/mol. The number of aromatic nitrogens is 3. The zero-order valence-electron chi connectivity index (χ0n) is 27.5. The van der Waals surface area contributed by atoms with Crippen molar-refractivity contribution in [1.82, 2.24) is 14.1 Å². The molecule has 0 atom stereocenters. The lowest BCUT2D eigenvalue weighted by Gasteiger charge is -2.14. The zero-order chi connectivity index (χ0) is 33.5. The highest BCUT2D eigenvalue weighted by Crippen LogP contribution is 2.43. The van der Waals surface area contributed by atoms with Gasteiger partial charge in [0.1, 0.15) is 11.1 Å². The molecule has 0 aliphatic heterocycles. The number of rotatable bonds is 4. The maximum absolute atomic E-state index is 6.16. The fraction of sp³-hybridized carbons (Fsp3) is 0. The summed E-state index contributed by atoms with van der Waals surface area (Å²) in [6.07, 6.45) is 1.83. The molecule has 4 heterocycles. The van der Waals surface area contributed by atoms with Crippen LogP contribution in [0.4, 0.5) is 0 Å². The van der Waals surface area contributed by atoms with Crippen molar-refractivity contribution in [1.29, 1.82) is 0 Å². The lowest BCUT2D eigenvalue weighted by Crippen LogP contribution is -1.95. The summed E-state index contributed by atoms with van der Waals surface area (Å²) in [6.45, 7) is 0. The van der Waals surface area contributed by atoms with Crippen LogP contribution in [-0.2, 0) is 0 Å². The first-order chi connectivity index (χ1) is 25.3. The third kappa shape index (κ3) is 4.17. The number of benzene rings is 7. The zero-order valence-corrected chi connectivity index (χ0v) is 27.5. The molecular weight excluding hydrogens is 623 g/mol. The van der Waals surface area contributed by atoms with Crippen LogP contribution in [-0.4, -0.2) is 14.1 Å². The smallest absolute Gasteiger partial charge is 0.153 e. The average molecular weight is 652 g/mol. The van der Waals surface area contributed by atoms with E-state index in [2.05, 4.69) is 172 Å². The molecule has 0 saturated carbocycles. The lowest BCUT2D eigenvalue weighted by molar-refractivity contribution is 0.668. The number of para-hydroxylation sites is 3. The molecule has 0 bridgehead atoms. The van der Waals surface area contributed by atoms with Crippen molar-refractivity contribution < 1.29 is 4.42 Å². The third-order valence-corrected chi connectivity index (χ3v) is 10.4.